The number of aliphatic carboxylic acids is 1. The lowest BCUT2D eigenvalue weighted by Gasteiger charge is -2.22. The van der Waals surface area contributed by atoms with Gasteiger partial charge in [0.05, 0.1) is 12.1 Å². The van der Waals surface area contributed by atoms with Crippen LogP contribution in [0.5, 0.6) is 0 Å². The molecule has 0 aliphatic heterocycles. The minimum atomic E-state index is -0.961. The van der Waals surface area contributed by atoms with Gasteiger partial charge in [0.1, 0.15) is 5.01 Å². The highest BCUT2D eigenvalue weighted by molar-refractivity contribution is 7.13. The van der Waals surface area contributed by atoms with Crippen LogP contribution in [0, 0.1) is 11.6 Å². The maximum Gasteiger partial charge on any atom is 0.305 e. The molecule has 0 bridgehead atoms. The van der Waals surface area contributed by atoms with Crippen molar-refractivity contribution in [2.75, 3.05) is 11.9 Å². The Morgan fingerprint density at radius 2 is 1.77 bits per heavy atom. The van der Waals surface area contributed by atoms with E-state index >= 15 is 0 Å². The fourth-order valence-corrected chi connectivity index (χ4v) is 5.67. The first-order chi connectivity index (χ1) is 18.9. The van der Waals surface area contributed by atoms with Crippen LogP contribution in [-0.4, -0.2) is 28.5 Å². The van der Waals surface area contributed by atoms with E-state index in [-0.39, 0.29) is 18.9 Å². The number of aryl methyl sites for hydroxylation is 1. The summed E-state index contributed by atoms with van der Waals surface area (Å²) in [4.78, 5) is 27.7. The van der Waals surface area contributed by atoms with E-state index in [9.17, 15) is 18.4 Å². The zero-order valence-corrected chi connectivity index (χ0v) is 21.9. The molecule has 0 atom stereocenters. The Kier molecular flexibility index (Phi) is 7.97. The fraction of sp³-hybridized carbons (Fsp3) is 0.233. The number of aromatic nitrogens is 1. The van der Waals surface area contributed by atoms with Crippen molar-refractivity contribution in [2.45, 2.75) is 38.6 Å². The van der Waals surface area contributed by atoms with Crippen molar-refractivity contribution in [3.05, 3.63) is 93.9 Å². The Bertz CT molecular complexity index is 1520. The zero-order chi connectivity index (χ0) is 27.4. The first-order valence-electron chi connectivity index (χ1n) is 12.8. The van der Waals surface area contributed by atoms with Gasteiger partial charge in [0.2, 0.25) is 0 Å². The maximum atomic E-state index is 13.8. The summed E-state index contributed by atoms with van der Waals surface area (Å²) in [5.41, 5.74) is 7.13. The predicted octanol–water partition coefficient (Wildman–Crippen LogP) is 6.45. The maximum absolute atomic E-state index is 13.8. The van der Waals surface area contributed by atoms with Crippen LogP contribution in [0.3, 0.4) is 0 Å². The van der Waals surface area contributed by atoms with Crippen LogP contribution in [0.4, 0.5) is 14.5 Å². The minimum Gasteiger partial charge on any atom is -0.481 e. The molecular weight excluding hydrogens is 520 g/mol. The summed E-state index contributed by atoms with van der Waals surface area (Å²) in [7, 11) is 0. The van der Waals surface area contributed by atoms with E-state index in [2.05, 4.69) is 22.8 Å². The number of hydrogen-bond acceptors (Lipinski definition) is 5. The molecule has 0 saturated heterocycles. The Balaban J connectivity index is 1.36. The van der Waals surface area contributed by atoms with Crippen LogP contribution in [0.1, 0.15) is 46.3 Å². The number of hydrogen-bond donors (Lipinski definition) is 3. The molecule has 3 N–H and O–H groups in total. The Hall–Kier alpha value is -4.11. The quantitative estimate of drug-likeness (QED) is 0.224. The van der Waals surface area contributed by atoms with Gasteiger partial charge in [-0.2, -0.15) is 0 Å². The summed E-state index contributed by atoms with van der Waals surface area (Å²) in [5.74, 6) is -3.06. The highest BCUT2D eigenvalue weighted by Crippen LogP contribution is 2.40. The normalized spacial score (nSPS) is 12.6. The van der Waals surface area contributed by atoms with Crippen molar-refractivity contribution >= 4 is 28.9 Å². The zero-order valence-electron chi connectivity index (χ0n) is 21.1. The van der Waals surface area contributed by atoms with E-state index in [0.29, 0.717) is 23.4 Å². The SMILES string of the molecule is O=C(O)CCNC(=O)c1ccc(CNc2ccc3c(c2-c2nc(-c4ccc(F)c(F)c4)cs2)CCCC3)cc1. The van der Waals surface area contributed by atoms with Gasteiger partial charge in [0.15, 0.2) is 11.6 Å². The molecule has 1 aromatic heterocycles. The fourth-order valence-electron chi connectivity index (χ4n) is 4.75. The number of amides is 1. The van der Waals surface area contributed by atoms with Crippen molar-refractivity contribution in [3.8, 4) is 21.8 Å². The van der Waals surface area contributed by atoms with Gasteiger partial charge >= 0.3 is 5.97 Å². The number of thiazole rings is 1. The molecular formula is C30H27F2N3O3S. The third-order valence-electron chi connectivity index (χ3n) is 6.79. The van der Waals surface area contributed by atoms with E-state index in [1.54, 1.807) is 12.1 Å². The number of carboxylic acid groups (broad SMARTS) is 1. The summed E-state index contributed by atoms with van der Waals surface area (Å²) in [6.07, 6.45) is 4.08. The molecule has 5 rings (SSSR count). The summed E-state index contributed by atoms with van der Waals surface area (Å²) >= 11 is 1.48. The standard InChI is InChI=1S/C30H27F2N3O3S/c31-23-11-9-21(15-24(23)32)26-17-39-30(35-26)28-22-4-2-1-3-19(22)10-12-25(28)34-16-18-5-7-20(8-6-18)29(38)33-14-13-27(36)37/h5-12,15,17,34H,1-4,13-14,16H2,(H,33,38)(H,36,37). The van der Waals surface area contributed by atoms with Crippen LogP contribution < -0.4 is 10.6 Å². The van der Waals surface area contributed by atoms with Gasteiger partial charge in [-0.1, -0.05) is 18.2 Å². The molecule has 39 heavy (non-hydrogen) atoms. The lowest BCUT2D eigenvalue weighted by Crippen LogP contribution is -2.25. The molecule has 4 aromatic rings. The molecule has 200 valence electrons. The van der Waals surface area contributed by atoms with Crippen LogP contribution >= 0.6 is 11.3 Å². The molecule has 1 aliphatic carbocycles. The number of rotatable bonds is 9. The van der Waals surface area contributed by atoms with Crippen LogP contribution in [0.25, 0.3) is 21.8 Å². The molecule has 0 unspecified atom stereocenters. The smallest absolute Gasteiger partial charge is 0.305 e. The second-order valence-electron chi connectivity index (χ2n) is 9.45. The summed E-state index contributed by atoms with van der Waals surface area (Å²) in [5, 5.41) is 17.6. The average Bonchev–Trinajstić information content (AvgIpc) is 3.43. The number of anilines is 1. The van der Waals surface area contributed by atoms with Crippen molar-refractivity contribution in [3.63, 3.8) is 0 Å². The first kappa shape index (κ1) is 26.5. The van der Waals surface area contributed by atoms with Gasteiger partial charge in [0, 0.05) is 40.8 Å². The van der Waals surface area contributed by atoms with Gasteiger partial charge in [0.25, 0.3) is 5.91 Å². The number of nitrogens with one attached hydrogen (secondary N) is 2. The van der Waals surface area contributed by atoms with E-state index in [4.69, 9.17) is 10.1 Å². The molecule has 1 heterocycles. The highest BCUT2D eigenvalue weighted by Gasteiger charge is 2.21. The van der Waals surface area contributed by atoms with E-state index in [1.165, 1.54) is 34.6 Å². The van der Waals surface area contributed by atoms with Crippen molar-refractivity contribution in [2.24, 2.45) is 0 Å². The third-order valence-corrected chi connectivity index (χ3v) is 7.65. The Morgan fingerprint density at radius 1 is 0.974 bits per heavy atom. The molecule has 3 aromatic carbocycles. The molecule has 0 radical (unpaired) electrons. The molecule has 0 saturated carbocycles. The highest BCUT2D eigenvalue weighted by atomic mass is 32.1. The molecule has 9 heteroatoms. The Labute approximate surface area is 228 Å². The predicted molar refractivity (Wildman–Crippen MR) is 148 cm³/mol. The van der Waals surface area contributed by atoms with Crippen LogP contribution in [-0.2, 0) is 24.2 Å². The first-order valence-corrected chi connectivity index (χ1v) is 13.7. The molecule has 0 fully saturated rings. The van der Waals surface area contributed by atoms with E-state index in [1.807, 2.05) is 17.5 Å². The van der Waals surface area contributed by atoms with Gasteiger partial charge in [-0.15, -0.1) is 11.3 Å². The number of halogens is 2. The largest absolute Gasteiger partial charge is 0.481 e. The number of nitrogens with zero attached hydrogens (tertiary/aromatic N) is 1. The summed E-state index contributed by atoms with van der Waals surface area (Å²) in [6, 6.07) is 15.2. The van der Waals surface area contributed by atoms with Gasteiger partial charge in [-0.3, -0.25) is 9.59 Å². The number of carboxylic acids is 1. The second kappa shape index (κ2) is 11.7. The number of carbonyl (C=O) groups is 2. The number of benzene rings is 3. The number of fused-ring (bicyclic) bond motifs is 1. The van der Waals surface area contributed by atoms with Gasteiger partial charge < -0.3 is 15.7 Å². The second-order valence-corrected chi connectivity index (χ2v) is 10.3. The van der Waals surface area contributed by atoms with E-state index < -0.39 is 17.6 Å². The molecule has 1 amide bonds. The van der Waals surface area contributed by atoms with Crippen molar-refractivity contribution in [1.29, 1.82) is 0 Å². The number of carbonyl (C=O) groups excluding carboxylic acids is 1. The van der Waals surface area contributed by atoms with E-state index in [0.717, 1.165) is 53.6 Å². The van der Waals surface area contributed by atoms with Gasteiger partial charge in [-0.25, -0.2) is 13.8 Å². The molecule has 6 nitrogen and oxygen atoms in total. The molecule has 1 aliphatic rings. The van der Waals surface area contributed by atoms with Crippen LogP contribution in [0.2, 0.25) is 0 Å². The third kappa shape index (κ3) is 6.15. The topological polar surface area (TPSA) is 91.3 Å². The van der Waals surface area contributed by atoms with Crippen molar-refractivity contribution < 1.29 is 23.5 Å². The van der Waals surface area contributed by atoms with Gasteiger partial charge in [-0.05, 0) is 78.8 Å². The van der Waals surface area contributed by atoms with Crippen LogP contribution in [0.15, 0.2) is 60.0 Å². The molecule has 0 spiro atoms. The van der Waals surface area contributed by atoms with Crippen molar-refractivity contribution in [1.82, 2.24) is 10.3 Å². The summed E-state index contributed by atoms with van der Waals surface area (Å²) < 4.78 is 27.3. The monoisotopic (exact) mass is 547 g/mol. The lowest BCUT2D eigenvalue weighted by molar-refractivity contribution is -0.136. The lowest BCUT2D eigenvalue weighted by atomic mass is 9.87. The average molecular weight is 548 g/mol. The Morgan fingerprint density at radius 3 is 2.54 bits per heavy atom. The summed E-state index contributed by atoms with van der Waals surface area (Å²) in [6.45, 7) is 0.598. The minimum absolute atomic E-state index is 0.0765.